The first kappa shape index (κ1) is 24.8. The second-order valence-electron chi connectivity index (χ2n) is 8.73. The van der Waals surface area contributed by atoms with Crippen molar-refractivity contribution in [1.82, 2.24) is 29.5 Å². The number of anilines is 1. The molecule has 0 unspecified atom stereocenters. The van der Waals surface area contributed by atoms with Gasteiger partial charge in [0, 0.05) is 11.6 Å². The number of nitrogens with zero attached hydrogens (tertiary/aromatic N) is 6. The van der Waals surface area contributed by atoms with Gasteiger partial charge >= 0.3 is 0 Å². The molecular formula is C27H27N7O4. The van der Waals surface area contributed by atoms with Crippen molar-refractivity contribution < 1.29 is 19.0 Å². The highest BCUT2D eigenvalue weighted by molar-refractivity contribution is 6.05. The highest BCUT2D eigenvalue weighted by Gasteiger charge is 2.21. The highest BCUT2D eigenvalue weighted by atomic mass is 16.5. The van der Waals surface area contributed by atoms with Crippen molar-refractivity contribution in [3.63, 3.8) is 0 Å². The Kier molecular flexibility index (Phi) is 6.41. The number of fused-ring (bicyclic) bond motifs is 1. The van der Waals surface area contributed by atoms with Crippen LogP contribution in [0.3, 0.4) is 0 Å². The monoisotopic (exact) mass is 513 g/mol. The standard InChI is InChI=1S/C27H27N7O4/c1-15-7-8-20(16(2)9-15)33-25-19(13-30-33)26(29-14-28-25)34-23(10-17(3)32-34)31-27(35)18-11-21(36-4)24(38-6)22(12-18)37-5/h7-14H,1-6H3,(H,31,35). The molecular weight excluding hydrogens is 486 g/mol. The van der Waals surface area contributed by atoms with Crippen LogP contribution in [0.2, 0.25) is 0 Å². The zero-order chi connectivity index (χ0) is 27.0. The zero-order valence-electron chi connectivity index (χ0n) is 21.9. The molecule has 0 aliphatic carbocycles. The normalized spacial score (nSPS) is 11.0. The van der Waals surface area contributed by atoms with Crippen LogP contribution in [-0.2, 0) is 0 Å². The first-order valence-corrected chi connectivity index (χ1v) is 11.8. The van der Waals surface area contributed by atoms with E-state index in [-0.39, 0.29) is 5.91 Å². The molecule has 3 heterocycles. The van der Waals surface area contributed by atoms with E-state index in [9.17, 15) is 4.79 Å². The predicted octanol–water partition coefficient (Wildman–Crippen LogP) is 4.20. The Balaban J connectivity index is 1.55. The number of aromatic nitrogens is 6. The van der Waals surface area contributed by atoms with Crippen molar-refractivity contribution in [3.05, 3.63) is 71.3 Å². The minimum absolute atomic E-state index is 0.320. The molecule has 0 radical (unpaired) electrons. The Morgan fingerprint density at radius 2 is 1.63 bits per heavy atom. The summed E-state index contributed by atoms with van der Waals surface area (Å²) in [6.07, 6.45) is 3.16. The van der Waals surface area contributed by atoms with Crippen LogP contribution in [0.5, 0.6) is 17.2 Å². The minimum atomic E-state index is -0.387. The molecule has 11 nitrogen and oxygen atoms in total. The predicted molar refractivity (Wildman–Crippen MR) is 142 cm³/mol. The molecule has 5 aromatic rings. The van der Waals surface area contributed by atoms with E-state index in [1.807, 2.05) is 32.9 Å². The van der Waals surface area contributed by atoms with Gasteiger partial charge in [-0.3, -0.25) is 4.79 Å². The summed E-state index contributed by atoms with van der Waals surface area (Å²) in [4.78, 5) is 22.3. The van der Waals surface area contributed by atoms with Gasteiger partial charge in [-0.15, -0.1) is 0 Å². The smallest absolute Gasteiger partial charge is 0.257 e. The molecule has 1 N–H and O–H groups in total. The Labute approximate surface area is 219 Å². The Morgan fingerprint density at radius 3 is 2.29 bits per heavy atom. The molecule has 0 saturated carbocycles. The number of methoxy groups -OCH3 is 3. The van der Waals surface area contributed by atoms with Crippen molar-refractivity contribution in [3.8, 4) is 28.8 Å². The number of carbonyl (C=O) groups excluding carboxylic acids is 1. The van der Waals surface area contributed by atoms with Gasteiger partial charge < -0.3 is 19.5 Å². The Morgan fingerprint density at radius 1 is 0.895 bits per heavy atom. The summed E-state index contributed by atoms with van der Waals surface area (Å²) in [5, 5.41) is 12.8. The molecule has 0 bridgehead atoms. The van der Waals surface area contributed by atoms with Gasteiger partial charge in [0.1, 0.15) is 12.1 Å². The molecule has 38 heavy (non-hydrogen) atoms. The van der Waals surface area contributed by atoms with Crippen molar-refractivity contribution >= 4 is 22.8 Å². The van der Waals surface area contributed by atoms with Crippen LogP contribution in [0.25, 0.3) is 22.5 Å². The lowest BCUT2D eigenvalue weighted by atomic mass is 10.1. The number of hydrogen-bond donors (Lipinski definition) is 1. The topological polar surface area (TPSA) is 118 Å². The van der Waals surface area contributed by atoms with Crippen LogP contribution >= 0.6 is 0 Å². The largest absolute Gasteiger partial charge is 0.493 e. The van der Waals surface area contributed by atoms with Crippen LogP contribution in [0.15, 0.2) is 48.9 Å². The third-order valence-electron chi connectivity index (χ3n) is 6.13. The molecule has 0 spiro atoms. The summed E-state index contributed by atoms with van der Waals surface area (Å²) < 4.78 is 19.5. The summed E-state index contributed by atoms with van der Waals surface area (Å²) in [5.41, 5.74) is 4.79. The van der Waals surface area contributed by atoms with E-state index in [2.05, 4.69) is 31.5 Å². The number of hydrogen-bond acceptors (Lipinski definition) is 8. The maximum absolute atomic E-state index is 13.3. The summed E-state index contributed by atoms with van der Waals surface area (Å²) in [5.74, 6) is 1.68. The van der Waals surface area contributed by atoms with Crippen molar-refractivity contribution in [2.75, 3.05) is 26.6 Å². The summed E-state index contributed by atoms with van der Waals surface area (Å²) >= 11 is 0. The molecule has 11 heteroatoms. The number of ether oxygens (including phenoxy) is 3. The summed E-state index contributed by atoms with van der Waals surface area (Å²) in [6.45, 7) is 5.92. The zero-order valence-corrected chi connectivity index (χ0v) is 21.9. The van der Waals surface area contributed by atoms with Gasteiger partial charge in [0.25, 0.3) is 5.91 Å². The average molecular weight is 514 g/mol. The maximum atomic E-state index is 13.3. The fourth-order valence-corrected chi connectivity index (χ4v) is 4.37. The Bertz CT molecular complexity index is 1650. The van der Waals surface area contributed by atoms with Gasteiger partial charge in [-0.25, -0.2) is 14.6 Å². The van der Waals surface area contributed by atoms with E-state index in [4.69, 9.17) is 14.2 Å². The fourth-order valence-electron chi connectivity index (χ4n) is 4.37. The van der Waals surface area contributed by atoms with E-state index in [1.54, 1.807) is 33.8 Å². The number of rotatable bonds is 7. The van der Waals surface area contributed by atoms with E-state index in [1.165, 1.54) is 27.7 Å². The van der Waals surface area contributed by atoms with E-state index >= 15 is 0 Å². The van der Waals surface area contributed by atoms with E-state index < -0.39 is 0 Å². The van der Waals surface area contributed by atoms with Crippen LogP contribution in [0.4, 0.5) is 5.82 Å². The molecule has 5 rings (SSSR count). The molecule has 194 valence electrons. The van der Waals surface area contributed by atoms with Gasteiger partial charge in [0.15, 0.2) is 23.0 Å². The third kappa shape index (κ3) is 4.27. The first-order chi connectivity index (χ1) is 18.3. The molecule has 0 fully saturated rings. The van der Waals surface area contributed by atoms with Crippen LogP contribution in [-0.4, -0.2) is 56.8 Å². The van der Waals surface area contributed by atoms with Crippen molar-refractivity contribution in [2.45, 2.75) is 20.8 Å². The molecule has 3 aromatic heterocycles. The van der Waals surface area contributed by atoms with Gasteiger partial charge in [-0.2, -0.15) is 14.9 Å². The van der Waals surface area contributed by atoms with Crippen LogP contribution in [0.1, 0.15) is 27.2 Å². The second kappa shape index (κ2) is 9.85. The van der Waals surface area contributed by atoms with Crippen LogP contribution < -0.4 is 19.5 Å². The minimum Gasteiger partial charge on any atom is -0.493 e. The molecule has 1 amide bonds. The Hall–Kier alpha value is -4.93. The lowest BCUT2D eigenvalue weighted by molar-refractivity contribution is 0.102. The van der Waals surface area contributed by atoms with Gasteiger partial charge in [0.05, 0.1) is 44.3 Å². The van der Waals surface area contributed by atoms with Crippen molar-refractivity contribution in [1.29, 1.82) is 0 Å². The number of benzene rings is 2. The maximum Gasteiger partial charge on any atom is 0.257 e. The van der Waals surface area contributed by atoms with Crippen LogP contribution in [0, 0.1) is 20.8 Å². The van der Waals surface area contributed by atoms with Crippen molar-refractivity contribution in [2.24, 2.45) is 0 Å². The number of amides is 1. The highest BCUT2D eigenvalue weighted by Crippen LogP contribution is 2.38. The molecule has 0 saturated heterocycles. The quantitative estimate of drug-likeness (QED) is 0.344. The average Bonchev–Trinajstić information content (AvgIpc) is 3.50. The number of carbonyl (C=O) groups is 1. The van der Waals surface area contributed by atoms with Gasteiger partial charge in [0.2, 0.25) is 5.75 Å². The lowest BCUT2D eigenvalue weighted by Gasteiger charge is -2.14. The summed E-state index contributed by atoms with van der Waals surface area (Å²) in [7, 11) is 4.50. The molecule has 0 atom stereocenters. The molecule has 2 aromatic carbocycles. The second-order valence-corrected chi connectivity index (χ2v) is 8.73. The summed E-state index contributed by atoms with van der Waals surface area (Å²) in [6, 6.07) is 11.1. The third-order valence-corrected chi connectivity index (χ3v) is 6.13. The SMILES string of the molecule is COc1cc(C(=O)Nc2cc(C)nn2-c2ncnc3c2cnn3-c2ccc(C)cc2C)cc(OC)c1OC. The lowest BCUT2D eigenvalue weighted by Crippen LogP contribution is -2.16. The molecule has 0 aliphatic heterocycles. The first-order valence-electron chi connectivity index (χ1n) is 11.8. The van der Waals surface area contributed by atoms with Gasteiger partial charge in [-0.05, 0) is 44.5 Å². The van der Waals surface area contributed by atoms with E-state index in [0.717, 1.165) is 16.8 Å². The number of nitrogens with one attached hydrogen (secondary N) is 1. The van der Waals surface area contributed by atoms with E-state index in [0.29, 0.717) is 51.2 Å². The van der Waals surface area contributed by atoms with Gasteiger partial charge in [-0.1, -0.05) is 17.7 Å². The number of aryl methyl sites for hydroxylation is 3. The fraction of sp³-hybridized carbons (Fsp3) is 0.222. The molecule has 0 aliphatic rings.